The molecule has 2 aliphatic heterocycles. The van der Waals surface area contributed by atoms with E-state index in [1.807, 2.05) is 0 Å². The first kappa shape index (κ1) is 15.8. The monoisotopic (exact) mass is 297 g/mol. The highest BCUT2D eigenvalue weighted by molar-refractivity contribution is 5.89. The molecule has 2 amide bonds. The minimum atomic E-state index is -0.464. The van der Waals surface area contributed by atoms with Crippen LogP contribution in [0.4, 0.5) is 0 Å². The molecule has 0 spiro atoms. The highest BCUT2D eigenvalue weighted by Gasteiger charge is 2.32. The molecule has 0 aromatic carbocycles. The van der Waals surface area contributed by atoms with Crippen LogP contribution in [0.15, 0.2) is 0 Å². The van der Waals surface area contributed by atoms with Gasteiger partial charge in [0, 0.05) is 26.2 Å². The van der Waals surface area contributed by atoms with Crippen molar-refractivity contribution in [3.63, 3.8) is 0 Å². The largest absolute Gasteiger partial charge is 0.466 e. The minimum absolute atomic E-state index is 0.0847. The lowest BCUT2D eigenvalue weighted by atomic mass is 9.97. The van der Waals surface area contributed by atoms with Crippen LogP contribution in [0, 0.1) is 5.92 Å². The Labute approximate surface area is 124 Å². The number of rotatable bonds is 4. The minimum Gasteiger partial charge on any atom is -0.466 e. The fourth-order valence-electron chi connectivity index (χ4n) is 2.77. The van der Waals surface area contributed by atoms with Crippen molar-refractivity contribution in [3.8, 4) is 0 Å². The molecule has 0 aromatic rings. The van der Waals surface area contributed by atoms with Crippen molar-refractivity contribution in [2.45, 2.75) is 32.2 Å². The highest BCUT2D eigenvalue weighted by Crippen LogP contribution is 2.19. The van der Waals surface area contributed by atoms with Crippen molar-refractivity contribution >= 4 is 17.8 Å². The Kier molecular flexibility index (Phi) is 5.55. The zero-order valence-electron chi connectivity index (χ0n) is 12.4. The van der Waals surface area contributed by atoms with E-state index < -0.39 is 6.04 Å². The van der Waals surface area contributed by atoms with Crippen molar-refractivity contribution in [3.05, 3.63) is 0 Å². The summed E-state index contributed by atoms with van der Waals surface area (Å²) in [6.07, 6.45) is 1.69. The summed E-state index contributed by atoms with van der Waals surface area (Å²) in [6, 6.07) is -0.464. The Bertz CT molecular complexity index is 413. The fourth-order valence-corrected chi connectivity index (χ4v) is 2.77. The molecule has 2 saturated heterocycles. The third kappa shape index (κ3) is 4.17. The molecule has 118 valence electrons. The van der Waals surface area contributed by atoms with E-state index in [2.05, 4.69) is 10.6 Å². The van der Waals surface area contributed by atoms with Gasteiger partial charge in [-0.05, 0) is 19.8 Å². The third-order valence-electron chi connectivity index (χ3n) is 3.90. The summed E-state index contributed by atoms with van der Waals surface area (Å²) >= 11 is 0. The third-order valence-corrected chi connectivity index (χ3v) is 3.90. The van der Waals surface area contributed by atoms with Crippen LogP contribution < -0.4 is 10.6 Å². The van der Waals surface area contributed by atoms with Crippen LogP contribution in [-0.2, 0) is 19.1 Å². The highest BCUT2D eigenvalue weighted by atomic mass is 16.5. The van der Waals surface area contributed by atoms with E-state index >= 15 is 0 Å². The Morgan fingerprint density at radius 3 is 2.90 bits per heavy atom. The first-order valence-corrected chi connectivity index (χ1v) is 7.57. The Morgan fingerprint density at radius 2 is 2.19 bits per heavy atom. The quantitative estimate of drug-likeness (QED) is 0.668. The predicted molar refractivity (Wildman–Crippen MR) is 75.4 cm³/mol. The number of amides is 2. The SMILES string of the molecule is CCOC(=O)[C@@H]1CCCN(C(=O)C[C@@H]2NCCNC2=O)C1. The van der Waals surface area contributed by atoms with Crippen LogP contribution in [0.25, 0.3) is 0 Å². The Morgan fingerprint density at radius 1 is 1.38 bits per heavy atom. The average molecular weight is 297 g/mol. The number of hydrogen-bond acceptors (Lipinski definition) is 5. The molecule has 7 heteroatoms. The standard InChI is InChI=1S/C14H23N3O4/c1-2-21-14(20)10-4-3-7-17(9-10)12(18)8-11-13(19)16-6-5-15-11/h10-11,15H,2-9H2,1H3,(H,16,19)/t10-,11+/m1/s1. The van der Waals surface area contributed by atoms with Crippen molar-refractivity contribution in [1.29, 1.82) is 0 Å². The zero-order valence-corrected chi connectivity index (χ0v) is 12.4. The predicted octanol–water partition coefficient (Wildman–Crippen LogP) is -0.734. The summed E-state index contributed by atoms with van der Waals surface area (Å²) in [7, 11) is 0. The number of carbonyl (C=O) groups excluding carboxylic acids is 3. The van der Waals surface area contributed by atoms with E-state index in [1.165, 1.54) is 0 Å². The molecule has 2 atom stereocenters. The van der Waals surface area contributed by atoms with Crippen LogP contribution in [0.1, 0.15) is 26.2 Å². The van der Waals surface area contributed by atoms with Crippen LogP contribution in [0.3, 0.4) is 0 Å². The van der Waals surface area contributed by atoms with Crippen LogP contribution in [0.5, 0.6) is 0 Å². The van der Waals surface area contributed by atoms with Crippen molar-refractivity contribution in [1.82, 2.24) is 15.5 Å². The van der Waals surface area contributed by atoms with E-state index in [0.29, 0.717) is 32.8 Å². The molecule has 2 aliphatic rings. The molecule has 0 saturated carbocycles. The van der Waals surface area contributed by atoms with Gasteiger partial charge in [-0.1, -0.05) is 0 Å². The maximum absolute atomic E-state index is 12.3. The lowest BCUT2D eigenvalue weighted by Crippen LogP contribution is -2.55. The number of piperidine rings is 1. The molecule has 0 bridgehead atoms. The fraction of sp³-hybridized carbons (Fsp3) is 0.786. The number of nitrogens with one attached hydrogen (secondary N) is 2. The van der Waals surface area contributed by atoms with Gasteiger partial charge in [0.05, 0.1) is 25.0 Å². The molecule has 2 heterocycles. The topological polar surface area (TPSA) is 87.7 Å². The summed E-state index contributed by atoms with van der Waals surface area (Å²) in [6.45, 7) is 4.44. The lowest BCUT2D eigenvalue weighted by molar-refractivity contribution is -0.151. The molecule has 21 heavy (non-hydrogen) atoms. The van der Waals surface area contributed by atoms with Crippen molar-refractivity contribution < 1.29 is 19.1 Å². The van der Waals surface area contributed by atoms with E-state index in [4.69, 9.17) is 4.74 Å². The van der Waals surface area contributed by atoms with Crippen LogP contribution >= 0.6 is 0 Å². The van der Waals surface area contributed by atoms with Crippen molar-refractivity contribution in [2.75, 3.05) is 32.8 Å². The average Bonchev–Trinajstić information content (AvgIpc) is 2.50. The molecular formula is C14H23N3O4. The molecule has 2 fully saturated rings. The van der Waals surface area contributed by atoms with E-state index in [0.717, 1.165) is 12.8 Å². The summed E-state index contributed by atoms with van der Waals surface area (Å²) in [5, 5.41) is 5.78. The maximum Gasteiger partial charge on any atom is 0.310 e. The second-order valence-electron chi connectivity index (χ2n) is 5.43. The number of nitrogens with zero attached hydrogens (tertiary/aromatic N) is 1. The van der Waals surface area contributed by atoms with Gasteiger partial charge in [0.25, 0.3) is 0 Å². The van der Waals surface area contributed by atoms with Gasteiger partial charge >= 0.3 is 5.97 Å². The van der Waals surface area contributed by atoms with Crippen molar-refractivity contribution in [2.24, 2.45) is 5.92 Å². The van der Waals surface area contributed by atoms with Gasteiger partial charge in [0.2, 0.25) is 11.8 Å². The van der Waals surface area contributed by atoms with Gasteiger partial charge in [0.1, 0.15) is 0 Å². The zero-order chi connectivity index (χ0) is 15.2. The first-order chi connectivity index (χ1) is 10.1. The molecule has 7 nitrogen and oxygen atoms in total. The Balaban J connectivity index is 1.86. The second-order valence-corrected chi connectivity index (χ2v) is 5.43. The van der Waals surface area contributed by atoms with E-state index in [-0.39, 0.29) is 30.1 Å². The summed E-state index contributed by atoms with van der Waals surface area (Å²) < 4.78 is 5.02. The maximum atomic E-state index is 12.3. The molecule has 0 radical (unpaired) electrons. The lowest BCUT2D eigenvalue weighted by Gasteiger charge is -2.33. The normalized spacial score (nSPS) is 26.1. The molecule has 0 unspecified atom stereocenters. The number of hydrogen-bond donors (Lipinski definition) is 2. The van der Waals surface area contributed by atoms with Gasteiger partial charge in [-0.25, -0.2) is 0 Å². The van der Waals surface area contributed by atoms with Crippen LogP contribution in [-0.4, -0.2) is 61.5 Å². The van der Waals surface area contributed by atoms with Gasteiger partial charge in [-0.15, -0.1) is 0 Å². The van der Waals surface area contributed by atoms with Gasteiger partial charge in [0.15, 0.2) is 0 Å². The molecule has 2 rings (SSSR count). The van der Waals surface area contributed by atoms with Gasteiger partial charge < -0.3 is 20.3 Å². The molecule has 2 N–H and O–H groups in total. The van der Waals surface area contributed by atoms with Crippen LogP contribution in [0.2, 0.25) is 0 Å². The molecular weight excluding hydrogens is 274 g/mol. The second kappa shape index (κ2) is 7.40. The van der Waals surface area contributed by atoms with Gasteiger partial charge in [-0.2, -0.15) is 0 Å². The number of ether oxygens (including phenoxy) is 1. The first-order valence-electron chi connectivity index (χ1n) is 7.57. The number of esters is 1. The Hall–Kier alpha value is -1.63. The van der Waals surface area contributed by atoms with E-state index in [1.54, 1.807) is 11.8 Å². The van der Waals surface area contributed by atoms with E-state index in [9.17, 15) is 14.4 Å². The number of carbonyl (C=O) groups is 3. The number of piperazine rings is 1. The summed E-state index contributed by atoms with van der Waals surface area (Å²) in [5.74, 6) is -0.688. The summed E-state index contributed by atoms with van der Waals surface area (Å²) in [4.78, 5) is 37.4. The summed E-state index contributed by atoms with van der Waals surface area (Å²) in [5.41, 5.74) is 0. The number of likely N-dealkylation sites (tertiary alicyclic amines) is 1. The molecule has 0 aliphatic carbocycles. The van der Waals surface area contributed by atoms with Gasteiger partial charge in [-0.3, -0.25) is 14.4 Å². The molecule has 0 aromatic heterocycles. The smallest absolute Gasteiger partial charge is 0.310 e.